The van der Waals surface area contributed by atoms with Crippen LogP contribution in [0, 0.1) is 0 Å². The van der Waals surface area contributed by atoms with Crippen LogP contribution in [0.3, 0.4) is 0 Å². The minimum atomic E-state index is 0.556. The molecule has 1 fully saturated rings. The Balaban J connectivity index is 1.65. The van der Waals surface area contributed by atoms with E-state index in [0.29, 0.717) is 12.1 Å². The topological polar surface area (TPSA) is 3.24 Å². The molecule has 1 aromatic heterocycles. The van der Waals surface area contributed by atoms with Crippen molar-refractivity contribution in [2.75, 3.05) is 0 Å². The Morgan fingerprint density at radius 2 is 1.60 bits per heavy atom. The second-order valence-corrected chi connectivity index (χ2v) is 7.36. The molecule has 0 radical (unpaired) electrons. The summed E-state index contributed by atoms with van der Waals surface area (Å²) in [4.78, 5) is 4.48. The van der Waals surface area contributed by atoms with Gasteiger partial charge in [-0.05, 0) is 41.0 Å². The third kappa shape index (κ3) is 1.36. The minimum absolute atomic E-state index is 0.556. The van der Waals surface area contributed by atoms with E-state index in [0.717, 1.165) is 6.04 Å². The Morgan fingerprint density at radius 3 is 2.40 bits per heavy atom. The number of thiophene rings is 1. The molecule has 2 bridgehead atoms. The Bertz CT molecular complexity index is 607. The molecular weight excluding hydrogens is 262 g/mol. The van der Waals surface area contributed by atoms with Gasteiger partial charge >= 0.3 is 0 Å². The Labute approximate surface area is 124 Å². The van der Waals surface area contributed by atoms with Crippen LogP contribution in [-0.2, 0) is 0 Å². The highest BCUT2D eigenvalue weighted by Gasteiger charge is 2.50. The molecule has 0 amide bonds. The summed E-state index contributed by atoms with van der Waals surface area (Å²) in [6.45, 7) is 0. The molecule has 2 unspecified atom stereocenters. The van der Waals surface area contributed by atoms with Crippen molar-refractivity contribution < 1.29 is 0 Å². The minimum Gasteiger partial charge on any atom is -0.277 e. The second kappa shape index (κ2) is 4.19. The van der Waals surface area contributed by atoms with Crippen LogP contribution >= 0.6 is 11.3 Å². The van der Waals surface area contributed by atoms with Crippen molar-refractivity contribution in [1.29, 1.82) is 0 Å². The summed E-state index contributed by atoms with van der Waals surface area (Å²) in [6, 6.07) is 13.4. The molecule has 1 nitrogen and oxygen atoms in total. The van der Waals surface area contributed by atoms with Crippen LogP contribution in [0.1, 0.15) is 65.8 Å². The number of benzene rings is 1. The molecule has 0 N–H and O–H groups in total. The van der Waals surface area contributed by atoms with Gasteiger partial charge in [-0.2, -0.15) is 0 Å². The fourth-order valence-corrected chi connectivity index (χ4v) is 5.72. The number of rotatable bonds is 1. The zero-order valence-corrected chi connectivity index (χ0v) is 12.4. The van der Waals surface area contributed by atoms with Gasteiger partial charge < -0.3 is 0 Å². The van der Waals surface area contributed by atoms with Crippen LogP contribution in [0.15, 0.2) is 35.7 Å². The summed E-state index contributed by atoms with van der Waals surface area (Å²) in [5.41, 5.74) is 4.76. The summed E-state index contributed by atoms with van der Waals surface area (Å²) in [5, 5.41) is 2.29. The van der Waals surface area contributed by atoms with Crippen molar-refractivity contribution in [3.8, 4) is 0 Å². The van der Waals surface area contributed by atoms with Gasteiger partial charge in [0.05, 0.1) is 12.1 Å². The van der Waals surface area contributed by atoms with E-state index >= 15 is 0 Å². The van der Waals surface area contributed by atoms with Gasteiger partial charge in [0, 0.05) is 10.9 Å². The lowest BCUT2D eigenvalue weighted by Crippen LogP contribution is -2.35. The van der Waals surface area contributed by atoms with Crippen molar-refractivity contribution in [3.63, 3.8) is 0 Å². The van der Waals surface area contributed by atoms with Crippen molar-refractivity contribution in [3.05, 3.63) is 57.3 Å². The van der Waals surface area contributed by atoms with Crippen molar-refractivity contribution in [2.45, 2.75) is 50.2 Å². The number of fused-ring (bicyclic) bond motifs is 8. The molecule has 3 aliphatic rings. The van der Waals surface area contributed by atoms with Gasteiger partial charge in [0.2, 0.25) is 0 Å². The number of hydrogen-bond donors (Lipinski definition) is 0. The average molecular weight is 281 g/mol. The van der Waals surface area contributed by atoms with Crippen LogP contribution < -0.4 is 0 Å². The van der Waals surface area contributed by atoms with E-state index in [9.17, 15) is 0 Å². The molecule has 2 aliphatic heterocycles. The van der Waals surface area contributed by atoms with E-state index in [-0.39, 0.29) is 0 Å². The van der Waals surface area contributed by atoms with Gasteiger partial charge in [-0.15, -0.1) is 11.3 Å². The standard InChI is InChI=1S/C18H19NS/c1-2-6-12(7-3-1)19-16-13-8-4-5-9-14(13)17(19)18-15(16)10-11-20-18/h4-5,8-12,16-17H,1-3,6-7H2. The summed E-state index contributed by atoms with van der Waals surface area (Å²) in [7, 11) is 0. The van der Waals surface area contributed by atoms with E-state index in [1.54, 1.807) is 21.6 Å². The van der Waals surface area contributed by atoms with Gasteiger partial charge in [-0.1, -0.05) is 43.5 Å². The second-order valence-electron chi connectivity index (χ2n) is 6.41. The molecule has 1 aliphatic carbocycles. The van der Waals surface area contributed by atoms with Gasteiger partial charge in [0.1, 0.15) is 0 Å². The van der Waals surface area contributed by atoms with Crippen LogP contribution in [-0.4, -0.2) is 10.9 Å². The maximum absolute atomic E-state index is 2.85. The first kappa shape index (κ1) is 11.5. The molecule has 3 heterocycles. The molecule has 1 saturated carbocycles. The van der Waals surface area contributed by atoms with Crippen molar-refractivity contribution >= 4 is 11.3 Å². The third-order valence-electron chi connectivity index (χ3n) is 5.45. The number of nitrogens with zero attached hydrogens (tertiary/aromatic N) is 1. The van der Waals surface area contributed by atoms with E-state index in [1.165, 1.54) is 32.1 Å². The lowest BCUT2D eigenvalue weighted by atomic mass is 9.91. The summed E-state index contributed by atoms with van der Waals surface area (Å²) in [5.74, 6) is 0. The molecule has 2 aromatic rings. The fraction of sp³-hybridized carbons (Fsp3) is 0.444. The molecule has 0 saturated heterocycles. The first-order chi connectivity index (χ1) is 9.95. The van der Waals surface area contributed by atoms with Gasteiger partial charge in [0.15, 0.2) is 0 Å². The van der Waals surface area contributed by atoms with Crippen molar-refractivity contribution in [2.24, 2.45) is 0 Å². The van der Waals surface area contributed by atoms with Crippen LogP contribution in [0.5, 0.6) is 0 Å². The number of hydrogen-bond acceptors (Lipinski definition) is 2. The Kier molecular flexibility index (Phi) is 2.41. The average Bonchev–Trinajstić information content (AvgIpc) is 3.17. The van der Waals surface area contributed by atoms with Crippen molar-refractivity contribution in [1.82, 2.24) is 4.90 Å². The highest BCUT2D eigenvalue weighted by Crippen LogP contribution is 2.59. The summed E-state index contributed by atoms with van der Waals surface area (Å²) < 4.78 is 0. The van der Waals surface area contributed by atoms with E-state index < -0.39 is 0 Å². The monoisotopic (exact) mass is 281 g/mol. The quantitative estimate of drug-likeness (QED) is 0.719. The zero-order valence-electron chi connectivity index (χ0n) is 11.6. The van der Waals surface area contributed by atoms with Gasteiger partial charge in [0.25, 0.3) is 0 Å². The maximum Gasteiger partial charge on any atom is 0.0713 e. The maximum atomic E-state index is 2.85. The zero-order chi connectivity index (χ0) is 13.1. The van der Waals surface area contributed by atoms with E-state index in [1.807, 2.05) is 11.3 Å². The molecule has 102 valence electrons. The van der Waals surface area contributed by atoms with Crippen LogP contribution in [0.4, 0.5) is 0 Å². The first-order valence-electron chi connectivity index (χ1n) is 7.88. The molecule has 0 spiro atoms. The van der Waals surface area contributed by atoms with Gasteiger partial charge in [-0.3, -0.25) is 4.90 Å². The molecule has 2 atom stereocenters. The Hall–Kier alpha value is -1.12. The fourth-order valence-electron chi connectivity index (χ4n) is 4.66. The van der Waals surface area contributed by atoms with Crippen LogP contribution in [0.25, 0.3) is 0 Å². The van der Waals surface area contributed by atoms with Crippen LogP contribution in [0.2, 0.25) is 0 Å². The highest BCUT2D eigenvalue weighted by atomic mass is 32.1. The summed E-state index contributed by atoms with van der Waals surface area (Å²) >= 11 is 1.96. The molecule has 5 rings (SSSR count). The third-order valence-corrected chi connectivity index (χ3v) is 6.43. The summed E-state index contributed by atoms with van der Waals surface area (Å²) in [6.07, 6.45) is 7.08. The largest absolute Gasteiger partial charge is 0.277 e. The predicted octanol–water partition coefficient (Wildman–Crippen LogP) is 4.89. The molecule has 20 heavy (non-hydrogen) atoms. The van der Waals surface area contributed by atoms with E-state index in [4.69, 9.17) is 0 Å². The van der Waals surface area contributed by atoms with Gasteiger partial charge in [-0.25, -0.2) is 0 Å². The molecule has 2 heteroatoms. The molecular formula is C18H19NS. The predicted molar refractivity (Wildman–Crippen MR) is 83.2 cm³/mol. The normalized spacial score (nSPS) is 28.6. The SMILES string of the molecule is c1ccc2c(c1)C1c3ccsc3C2N1C1CCCCC1. The lowest BCUT2D eigenvalue weighted by Gasteiger charge is -2.35. The lowest BCUT2D eigenvalue weighted by molar-refractivity contribution is 0.127. The highest BCUT2D eigenvalue weighted by molar-refractivity contribution is 7.10. The Morgan fingerprint density at radius 1 is 0.850 bits per heavy atom. The van der Waals surface area contributed by atoms with E-state index in [2.05, 4.69) is 40.6 Å². The first-order valence-corrected chi connectivity index (χ1v) is 8.76. The molecule has 1 aromatic carbocycles. The smallest absolute Gasteiger partial charge is 0.0713 e.